The molecule has 1 aliphatic heterocycles. The quantitative estimate of drug-likeness (QED) is 0.764. The first kappa shape index (κ1) is 22.4. The minimum Gasteiger partial charge on any atom is -0.480 e. The number of amides is 2. The fraction of sp³-hybridized carbons (Fsp3) is 0.348. The van der Waals surface area contributed by atoms with Crippen molar-refractivity contribution in [2.45, 2.75) is 33.1 Å². The van der Waals surface area contributed by atoms with Gasteiger partial charge >= 0.3 is 5.97 Å². The number of anilines is 1. The summed E-state index contributed by atoms with van der Waals surface area (Å²) < 4.78 is 20.8. The molecule has 0 unspecified atom stereocenters. The van der Waals surface area contributed by atoms with Gasteiger partial charge in [0.2, 0.25) is 12.1 Å². The molecule has 0 saturated heterocycles. The van der Waals surface area contributed by atoms with Gasteiger partial charge in [0, 0.05) is 30.3 Å². The van der Waals surface area contributed by atoms with E-state index < -0.39 is 42.5 Å². The minimum absolute atomic E-state index is 0.0768. The maximum atomic E-state index is 14.7. The Bertz CT molecular complexity index is 993. The van der Waals surface area contributed by atoms with Crippen LogP contribution in [0.5, 0.6) is 0 Å². The number of para-hydroxylation sites is 1. The van der Waals surface area contributed by atoms with Crippen molar-refractivity contribution in [3.05, 3.63) is 65.5 Å². The van der Waals surface area contributed by atoms with Crippen molar-refractivity contribution in [1.29, 1.82) is 0 Å². The van der Waals surface area contributed by atoms with Crippen molar-refractivity contribution in [2.75, 3.05) is 18.0 Å². The number of aliphatic carboxylic acids is 1. The van der Waals surface area contributed by atoms with E-state index in [0.29, 0.717) is 17.8 Å². The van der Waals surface area contributed by atoms with Crippen LogP contribution in [0.25, 0.3) is 0 Å². The molecule has 7 nitrogen and oxygen atoms in total. The lowest BCUT2D eigenvalue weighted by atomic mass is 9.98. The van der Waals surface area contributed by atoms with Crippen LogP contribution in [0.1, 0.15) is 38.0 Å². The van der Waals surface area contributed by atoms with Gasteiger partial charge in [-0.1, -0.05) is 50.2 Å². The van der Waals surface area contributed by atoms with Crippen LogP contribution in [0.15, 0.2) is 48.5 Å². The Morgan fingerprint density at radius 3 is 2.32 bits per heavy atom. The number of benzene rings is 2. The number of hydrogen-bond acceptors (Lipinski definition) is 4. The molecule has 1 N–H and O–H groups in total. The molecular formula is C23H25FN2O5. The monoisotopic (exact) mass is 428 g/mol. The lowest BCUT2D eigenvalue weighted by Crippen LogP contribution is -2.53. The second-order valence-electron chi connectivity index (χ2n) is 7.83. The van der Waals surface area contributed by atoms with Crippen LogP contribution in [0.2, 0.25) is 0 Å². The van der Waals surface area contributed by atoms with E-state index in [0.717, 1.165) is 4.90 Å². The zero-order valence-electron chi connectivity index (χ0n) is 17.6. The standard InChI is InChI=1S/C23H25FN2O5/c1-14(2)12-26-19-11-7-5-9-17(19)21(16-8-4-6-10-18(16)24)31-23(22(26)30)25(15(3)27)13-20(28)29/h4-11,14,21,23H,12-13H2,1-3H3,(H,28,29)/t21-,23+/m0/s1. The summed E-state index contributed by atoms with van der Waals surface area (Å²) in [5, 5.41) is 9.30. The van der Waals surface area contributed by atoms with E-state index in [9.17, 15) is 23.9 Å². The van der Waals surface area contributed by atoms with E-state index in [4.69, 9.17) is 4.74 Å². The summed E-state index contributed by atoms with van der Waals surface area (Å²) in [6.07, 6.45) is -2.54. The van der Waals surface area contributed by atoms with Gasteiger partial charge in [-0.3, -0.25) is 19.3 Å². The number of carboxylic acid groups (broad SMARTS) is 1. The Morgan fingerprint density at radius 2 is 1.74 bits per heavy atom. The van der Waals surface area contributed by atoms with Crippen LogP contribution in [-0.4, -0.2) is 47.1 Å². The molecule has 31 heavy (non-hydrogen) atoms. The zero-order valence-corrected chi connectivity index (χ0v) is 17.6. The van der Waals surface area contributed by atoms with E-state index in [-0.39, 0.29) is 11.5 Å². The molecule has 8 heteroatoms. The topological polar surface area (TPSA) is 87.2 Å². The van der Waals surface area contributed by atoms with Gasteiger partial charge in [-0.2, -0.15) is 0 Å². The Labute approximate surface area is 180 Å². The maximum Gasteiger partial charge on any atom is 0.323 e. The summed E-state index contributed by atoms with van der Waals surface area (Å²) in [5.41, 5.74) is 1.29. The van der Waals surface area contributed by atoms with Crippen molar-refractivity contribution < 1.29 is 28.6 Å². The Balaban J connectivity index is 2.21. The molecule has 0 fully saturated rings. The lowest BCUT2D eigenvalue weighted by molar-refractivity contribution is -0.165. The molecule has 1 aliphatic rings. The fourth-order valence-corrected chi connectivity index (χ4v) is 3.66. The third-order valence-corrected chi connectivity index (χ3v) is 4.98. The lowest BCUT2D eigenvalue weighted by Gasteiger charge is -2.32. The first-order chi connectivity index (χ1) is 14.7. The van der Waals surface area contributed by atoms with Crippen molar-refractivity contribution in [2.24, 2.45) is 5.92 Å². The van der Waals surface area contributed by atoms with Gasteiger partial charge in [-0.05, 0) is 18.1 Å². The van der Waals surface area contributed by atoms with Crippen molar-refractivity contribution >= 4 is 23.5 Å². The molecule has 0 bridgehead atoms. The number of carbonyl (C=O) groups excluding carboxylic acids is 2. The first-order valence-corrected chi connectivity index (χ1v) is 10.00. The second kappa shape index (κ2) is 9.26. The predicted molar refractivity (Wildman–Crippen MR) is 112 cm³/mol. The highest BCUT2D eigenvalue weighted by atomic mass is 19.1. The largest absolute Gasteiger partial charge is 0.480 e. The Hall–Kier alpha value is -3.26. The highest BCUT2D eigenvalue weighted by Crippen LogP contribution is 2.39. The number of nitrogens with zero attached hydrogens (tertiary/aromatic N) is 2. The highest BCUT2D eigenvalue weighted by molar-refractivity contribution is 6.00. The van der Waals surface area contributed by atoms with Gasteiger partial charge in [-0.15, -0.1) is 0 Å². The number of carboxylic acids is 1. The molecule has 0 spiro atoms. The third-order valence-electron chi connectivity index (χ3n) is 4.98. The molecule has 2 amide bonds. The molecule has 2 atom stereocenters. The number of ether oxygens (including phenoxy) is 1. The number of halogens is 1. The maximum absolute atomic E-state index is 14.7. The molecule has 164 valence electrons. The number of carbonyl (C=O) groups is 3. The summed E-state index contributed by atoms with van der Waals surface area (Å²) in [5.74, 6) is -2.95. The summed E-state index contributed by atoms with van der Waals surface area (Å²) in [6.45, 7) is 4.64. The molecule has 3 rings (SSSR count). The first-order valence-electron chi connectivity index (χ1n) is 10.00. The van der Waals surface area contributed by atoms with Crippen molar-refractivity contribution in [3.63, 3.8) is 0 Å². The van der Waals surface area contributed by atoms with Gasteiger partial charge in [0.05, 0.1) is 0 Å². The van der Waals surface area contributed by atoms with E-state index in [2.05, 4.69) is 0 Å². The molecule has 2 aromatic rings. The van der Waals surface area contributed by atoms with Gasteiger partial charge in [0.25, 0.3) is 5.91 Å². The van der Waals surface area contributed by atoms with Crippen molar-refractivity contribution in [1.82, 2.24) is 4.90 Å². The summed E-state index contributed by atoms with van der Waals surface area (Å²) in [7, 11) is 0. The molecular weight excluding hydrogens is 403 g/mol. The van der Waals surface area contributed by atoms with Crippen LogP contribution in [0.3, 0.4) is 0 Å². The average molecular weight is 428 g/mol. The Kier molecular flexibility index (Phi) is 6.70. The third kappa shape index (κ3) is 4.74. The van der Waals surface area contributed by atoms with E-state index in [1.165, 1.54) is 17.9 Å². The molecule has 1 heterocycles. The summed E-state index contributed by atoms with van der Waals surface area (Å²) >= 11 is 0. The van der Waals surface area contributed by atoms with Crippen LogP contribution in [0, 0.1) is 11.7 Å². The van der Waals surface area contributed by atoms with Crippen LogP contribution < -0.4 is 4.90 Å². The van der Waals surface area contributed by atoms with Crippen LogP contribution >= 0.6 is 0 Å². The van der Waals surface area contributed by atoms with E-state index in [1.54, 1.807) is 42.5 Å². The molecule has 0 radical (unpaired) electrons. The van der Waals surface area contributed by atoms with Crippen LogP contribution in [0.4, 0.5) is 10.1 Å². The molecule has 0 aliphatic carbocycles. The minimum atomic E-state index is -1.52. The van der Waals surface area contributed by atoms with Gasteiger partial charge in [-0.25, -0.2) is 4.39 Å². The smallest absolute Gasteiger partial charge is 0.323 e. The van der Waals surface area contributed by atoms with E-state index in [1.807, 2.05) is 13.8 Å². The number of fused-ring (bicyclic) bond motifs is 1. The summed E-state index contributed by atoms with van der Waals surface area (Å²) in [4.78, 5) is 39.6. The Morgan fingerprint density at radius 1 is 1.13 bits per heavy atom. The number of rotatable bonds is 6. The highest BCUT2D eigenvalue weighted by Gasteiger charge is 2.41. The normalized spacial score (nSPS) is 18.5. The van der Waals surface area contributed by atoms with Gasteiger partial charge < -0.3 is 14.7 Å². The second-order valence-corrected chi connectivity index (χ2v) is 7.83. The van der Waals surface area contributed by atoms with Gasteiger partial charge in [0.1, 0.15) is 18.5 Å². The van der Waals surface area contributed by atoms with Gasteiger partial charge in [0.15, 0.2) is 0 Å². The van der Waals surface area contributed by atoms with Crippen LogP contribution in [-0.2, 0) is 19.1 Å². The van der Waals surface area contributed by atoms with E-state index >= 15 is 0 Å². The molecule has 0 aromatic heterocycles. The average Bonchev–Trinajstić information content (AvgIpc) is 2.82. The zero-order chi connectivity index (χ0) is 22.7. The molecule has 2 aromatic carbocycles. The molecule has 0 saturated carbocycles. The fourth-order valence-electron chi connectivity index (χ4n) is 3.66. The number of hydrogen-bond donors (Lipinski definition) is 1. The van der Waals surface area contributed by atoms with Crippen molar-refractivity contribution in [3.8, 4) is 0 Å². The predicted octanol–water partition coefficient (Wildman–Crippen LogP) is 3.19. The SMILES string of the molecule is CC(=O)N(CC(=O)O)[C@@H]1O[C@@H](c2ccccc2F)c2ccccc2N(CC(C)C)C1=O. The summed E-state index contributed by atoms with van der Waals surface area (Å²) in [6, 6.07) is 13.0.